The van der Waals surface area contributed by atoms with Gasteiger partial charge in [-0.1, -0.05) is 36.4 Å². The Bertz CT molecular complexity index is 838. The maximum atomic E-state index is 12.5. The van der Waals surface area contributed by atoms with E-state index in [1.54, 1.807) is 17.0 Å². The summed E-state index contributed by atoms with van der Waals surface area (Å²) in [5.74, 6) is -0.137. The quantitative estimate of drug-likeness (QED) is 0.806. The molecule has 1 aliphatic rings. The molecule has 0 aliphatic carbocycles. The van der Waals surface area contributed by atoms with Crippen molar-refractivity contribution in [2.45, 2.75) is 11.4 Å². The maximum Gasteiger partial charge on any atom is 0.253 e. The van der Waals surface area contributed by atoms with Crippen molar-refractivity contribution in [1.29, 1.82) is 0 Å². The third kappa shape index (κ3) is 5.04. The van der Waals surface area contributed by atoms with E-state index < -0.39 is 10.0 Å². The molecule has 140 valence electrons. The van der Waals surface area contributed by atoms with Gasteiger partial charge in [-0.2, -0.15) is 0 Å². The fourth-order valence-electron chi connectivity index (χ4n) is 2.70. The molecule has 8 heteroatoms. The van der Waals surface area contributed by atoms with Crippen LogP contribution >= 0.6 is 12.4 Å². The smallest absolute Gasteiger partial charge is 0.253 e. The van der Waals surface area contributed by atoms with Crippen molar-refractivity contribution in [2.24, 2.45) is 0 Å². The topological polar surface area (TPSA) is 78.5 Å². The summed E-state index contributed by atoms with van der Waals surface area (Å²) in [6.07, 6.45) is 0. The summed E-state index contributed by atoms with van der Waals surface area (Å²) in [6.45, 7) is 2.97. The molecule has 0 spiro atoms. The van der Waals surface area contributed by atoms with Gasteiger partial charge in [0.15, 0.2) is 0 Å². The van der Waals surface area contributed by atoms with Gasteiger partial charge < -0.3 is 10.2 Å². The highest BCUT2D eigenvalue weighted by Crippen LogP contribution is 2.14. The maximum absolute atomic E-state index is 12.5. The van der Waals surface area contributed by atoms with Crippen LogP contribution in [0, 0.1) is 0 Å². The Hall–Kier alpha value is -1.93. The summed E-state index contributed by atoms with van der Waals surface area (Å²) in [5.41, 5.74) is 1.27. The summed E-state index contributed by atoms with van der Waals surface area (Å²) in [7, 11) is -3.68. The van der Waals surface area contributed by atoms with E-state index in [-0.39, 0.29) is 29.8 Å². The Kier molecular flexibility index (Phi) is 7.16. The fourth-order valence-corrected chi connectivity index (χ4v) is 3.77. The Balaban J connectivity index is 0.00000243. The molecule has 1 amide bonds. The first-order chi connectivity index (χ1) is 12.1. The number of amides is 1. The molecule has 0 bridgehead atoms. The molecule has 1 aliphatic heterocycles. The van der Waals surface area contributed by atoms with Gasteiger partial charge in [0.05, 0.1) is 4.90 Å². The lowest BCUT2D eigenvalue weighted by molar-refractivity contribution is 0.0735. The molecular formula is C18H22ClN3O3S. The van der Waals surface area contributed by atoms with Gasteiger partial charge in [-0.15, -0.1) is 12.4 Å². The predicted molar refractivity (Wildman–Crippen MR) is 103 cm³/mol. The van der Waals surface area contributed by atoms with Gasteiger partial charge in [0.25, 0.3) is 5.91 Å². The number of sulfonamides is 1. The van der Waals surface area contributed by atoms with E-state index in [0.717, 1.165) is 18.7 Å². The monoisotopic (exact) mass is 395 g/mol. The average molecular weight is 396 g/mol. The molecule has 0 radical (unpaired) electrons. The van der Waals surface area contributed by atoms with Crippen LogP contribution in [0.4, 0.5) is 0 Å². The lowest BCUT2D eigenvalue weighted by Gasteiger charge is -2.27. The number of piperazine rings is 1. The minimum absolute atomic E-state index is 0. The van der Waals surface area contributed by atoms with Gasteiger partial charge in [-0.25, -0.2) is 13.1 Å². The zero-order valence-corrected chi connectivity index (χ0v) is 15.9. The lowest BCUT2D eigenvalue weighted by atomic mass is 10.2. The number of hydrogen-bond donors (Lipinski definition) is 2. The number of benzene rings is 2. The van der Waals surface area contributed by atoms with Crippen LogP contribution in [0.1, 0.15) is 15.9 Å². The third-order valence-corrected chi connectivity index (χ3v) is 5.50. The molecule has 26 heavy (non-hydrogen) atoms. The van der Waals surface area contributed by atoms with Gasteiger partial charge in [0.1, 0.15) is 0 Å². The van der Waals surface area contributed by atoms with E-state index in [1.165, 1.54) is 12.1 Å². The molecular weight excluding hydrogens is 374 g/mol. The van der Waals surface area contributed by atoms with Crippen LogP contribution < -0.4 is 10.0 Å². The first-order valence-corrected chi connectivity index (χ1v) is 9.68. The molecule has 6 nitrogen and oxygen atoms in total. The normalized spacial score (nSPS) is 14.5. The molecule has 0 atom stereocenters. The molecule has 1 fully saturated rings. The van der Waals surface area contributed by atoms with E-state index in [0.29, 0.717) is 18.7 Å². The van der Waals surface area contributed by atoms with Crippen molar-refractivity contribution < 1.29 is 13.2 Å². The summed E-state index contributed by atoms with van der Waals surface area (Å²) >= 11 is 0. The van der Waals surface area contributed by atoms with E-state index >= 15 is 0 Å². The lowest BCUT2D eigenvalue weighted by Crippen LogP contribution is -2.46. The zero-order chi connectivity index (χ0) is 17.7. The Labute approximate surface area is 160 Å². The van der Waals surface area contributed by atoms with E-state index in [4.69, 9.17) is 0 Å². The highest BCUT2D eigenvalue weighted by atomic mass is 35.5. The highest BCUT2D eigenvalue weighted by Gasteiger charge is 2.20. The molecule has 1 heterocycles. The van der Waals surface area contributed by atoms with Crippen LogP contribution in [0.25, 0.3) is 0 Å². The second kappa shape index (κ2) is 9.14. The highest BCUT2D eigenvalue weighted by molar-refractivity contribution is 7.89. The Morgan fingerprint density at radius 1 is 1.04 bits per heavy atom. The Morgan fingerprint density at radius 3 is 2.42 bits per heavy atom. The van der Waals surface area contributed by atoms with Crippen LogP contribution in [0.15, 0.2) is 59.5 Å². The van der Waals surface area contributed by atoms with Crippen LogP contribution in [0.2, 0.25) is 0 Å². The SMILES string of the molecule is Cl.O=C(c1cccc(S(=O)(=O)NCc2ccccc2)c1)N1CCNCC1. The first kappa shape index (κ1) is 20.4. The first-order valence-electron chi connectivity index (χ1n) is 8.20. The van der Waals surface area contributed by atoms with Gasteiger partial charge in [-0.3, -0.25) is 4.79 Å². The number of nitrogens with one attached hydrogen (secondary N) is 2. The van der Waals surface area contributed by atoms with Crippen molar-refractivity contribution in [3.63, 3.8) is 0 Å². The van der Waals surface area contributed by atoms with Gasteiger partial charge in [-0.05, 0) is 23.8 Å². The van der Waals surface area contributed by atoms with Crippen molar-refractivity contribution in [1.82, 2.24) is 14.9 Å². The number of carbonyl (C=O) groups excluding carboxylic acids is 1. The summed E-state index contributed by atoms with van der Waals surface area (Å²) in [5, 5.41) is 3.19. The molecule has 2 aromatic rings. The number of halogens is 1. The summed E-state index contributed by atoms with van der Waals surface area (Å²) in [4.78, 5) is 14.4. The molecule has 0 saturated carbocycles. The molecule has 2 N–H and O–H groups in total. The summed E-state index contributed by atoms with van der Waals surface area (Å²) < 4.78 is 27.6. The van der Waals surface area contributed by atoms with Crippen molar-refractivity contribution >= 4 is 28.3 Å². The number of rotatable bonds is 5. The van der Waals surface area contributed by atoms with E-state index in [2.05, 4.69) is 10.0 Å². The standard InChI is InChI=1S/C18H21N3O3S.ClH/c22-18(21-11-9-19-10-12-21)16-7-4-8-17(13-16)25(23,24)20-14-15-5-2-1-3-6-15;/h1-8,13,19-20H,9-12,14H2;1H. The third-order valence-electron chi connectivity index (χ3n) is 4.10. The fraction of sp³-hybridized carbons (Fsp3) is 0.278. The molecule has 3 rings (SSSR count). The zero-order valence-electron chi connectivity index (χ0n) is 14.2. The van der Waals surface area contributed by atoms with Gasteiger partial charge in [0, 0.05) is 38.3 Å². The van der Waals surface area contributed by atoms with Crippen LogP contribution in [0.3, 0.4) is 0 Å². The molecule has 2 aromatic carbocycles. The largest absolute Gasteiger partial charge is 0.336 e. The van der Waals surface area contributed by atoms with Crippen molar-refractivity contribution in [2.75, 3.05) is 26.2 Å². The molecule has 1 saturated heterocycles. The van der Waals surface area contributed by atoms with E-state index in [9.17, 15) is 13.2 Å². The minimum atomic E-state index is -3.68. The second-order valence-corrected chi connectivity index (χ2v) is 7.65. The number of nitrogens with zero attached hydrogens (tertiary/aromatic N) is 1. The van der Waals surface area contributed by atoms with Crippen LogP contribution in [-0.4, -0.2) is 45.4 Å². The van der Waals surface area contributed by atoms with Crippen LogP contribution in [0.5, 0.6) is 0 Å². The summed E-state index contributed by atoms with van der Waals surface area (Å²) in [6, 6.07) is 15.5. The second-order valence-electron chi connectivity index (χ2n) is 5.88. The van der Waals surface area contributed by atoms with E-state index in [1.807, 2.05) is 30.3 Å². The van der Waals surface area contributed by atoms with Crippen molar-refractivity contribution in [3.05, 3.63) is 65.7 Å². The van der Waals surface area contributed by atoms with Crippen LogP contribution in [-0.2, 0) is 16.6 Å². The van der Waals surface area contributed by atoms with Crippen molar-refractivity contribution in [3.8, 4) is 0 Å². The number of hydrogen-bond acceptors (Lipinski definition) is 4. The average Bonchev–Trinajstić information content (AvgIpc) is 2.67. The van der Waals surface area contributed by atoms with Gasteiger partial charge >= 0.3 is 0 Å². The number of carbonyl (C=O) groups is 1. The Morgan fingerprint density at radius 2 is 1.73 bits per heavy atom. The molecule has 0 aromatic heterocycles. The van der Waals surface area contributed by atoms with Gasteiger partial charge in [0.2, 0.25) is 10.0 Å². The molecule has 0 unspecified atom stereocenters. The predicted octanol–water partition coefficient (Wildman–Crippen LogP) is 1.63. The minimum Gasteiger partial charge on any atom is -0.336 e.